The second-order valence-corrected chi connectivity index (χ2v) is 9.71. The molecule has 0 aliphatic carbocycles. The molecule has 1 fully saturated rings. The van der Waals surface area contributed by atoms with E-state index in [1.165, 1.54) is 23.8 Å². The predicted octanol–water partition coefficient (Wildman–Crippen LogP) is 3.54. The Labute approximate surface area is 222 Å². The summed E-state index contributed by atoms with van der Waals surface area (Å²) in [6, 6.07) is 3.35. The van der Waals surface area contributed by atoms with E-state index in [0.717, 1.165) is 12.1 Å². The number of nitrogens with two attached hydrogens (primary N) is 1. The highest BCUT2D eigenvalue weighted by Crippen LogP contribution is 2.40. The zero-order valence-electron chi connectivity index (χ0n) is 21.3. The van der Waals surface area contributed by atoms with E-state index in [4.69, 9.17) is 26.8 Å². The van der Waals surface area contributed by atoms with Crippen LogP contribution in [0.4, 0.5) is 20.2 Å². The van der Waals surface area contributed by atoms with Crippen molar-refractivity contribution in [3.05, 3.63) is 62.4 Å². The van der Waals surface area contributed by atoms with Crippen LogP contribution in [-0.2, 0) is 20.9 Å². The van der Waals surface area contributed by atoms with Crippen molar-refractivity contribution in [2.24, 2.45) is 0 Å². The van der Waals surface area contributed by atoms with E-state index < -0.39 is 34.6 Å². The molecular formula is C26H27ClF2N4O5. The summed E-state index contributed by atoms with van der Waals surface area (Å²) in [5.74, 6) is -3.06. The Morgan fingerprint density at radius 2 is 1.87 bits per heavy atom. The molecule has 0 radical (unpaired) electrons. The van der Waals surface area contributed by atoms with Gasteiger partial charge in [-0.05, 0) is 39.1 Å². The molecular weight excluding hydrogens is 522 g/mol. The highest BCUT2D eigenvalue weighted by atomic mass is 35.5. The number of hydrogen-bond donors (Lipinski definition) is 2. The van der Waals surface area contributed by atoms with Crippen molar-refractivity contribution in [3.63, 3.8) is 0 Å². The number of anilines is 2. The number of hydrogen-bond acceptors (Lipinski definition) is 8. The second kappa shape index (κ2) is 10.2. The van der Waals surface area contributed by atoms with Crippen LogP contribution in [0.15, 0.2) is 29.2 Å². The number of carbonyl (C=O) groups is 2. The third kappa shape index (κ3) is 4.79. The van der Waals surface area contributed by atoms with Crippen molar-refractivity contribution in [3.8, 4) is 5.69 Å². The van der Waals surface area contributed by atoms with Gasteiger partial charge >= 0.3 is 11.9 Å². The fourth-order valence-corrected chi connectivity index (χ4v) is 4.89. The molecule has 0 unspecified atom stereocenters. The lowest BCUT2D eigenvalue weighted by Crippen LogP contribution is -2.67. The first-order valence-electron chi connectivity index (χ1n) is 11.8. The monoisotopic (exact) mass is 548 g/mol. The van der Waals surface area contributed by atoms with Crippen molar-refractivity contribution < 1.29 is 27.8 Å². The Morgan fingerprint density at radius 3 is 2.47 bits per heavy atom. The van der Waals surface area contributed by atoms with Crippen LogP contribution in [0.1, 0.15) is 36.7 Å². The molecule has 3 N–H and O–H groups in total. The molecule has 9 nitrogen and oxygen atoms in total. The van der Waals surface area contributed by atoms with E-state index in [1.54, 1.807) is 18.9 Å². The third-order valence-corrected chi connectivity index (χ3v) is 6.90. The van der Waals surface area contributed by atoms with Crippen LogP contribution in [-0.4, -0.2) is 48.8 Å². The fraction of sp³-hybridized carbons (Fsp3) is 0.346. The summed E-state index contributed by atoms with van der Waals surface area (Å²) in [6.07, 6.45) is 1.19. The molecule has 202 valence electrons. The van der Waals surface area contributed by atoms with Gasteiger partial charge in [0.05, 0.1) is 45.1 Å². The van der Waals surface area contributed by atoms with Gasteiger partial charge in [-0.3, -0.25) is 9.59 Å². The molecule has 0 amide bonds. The minimum absolute atomic E-state index is 0.00917. The molecule has 38 heavy (non-hydrogen) atoms. The van der Waals surface area contributed by atoms with Gasteiger partial charge in [-0.25, -0.2) is 13.6 Å². The lowest BCUT2D eigenvalue weighted by molar-refractivity contribution is -0.142. The first kappa shape index (κ1) is 27.3. The van der Waals surface area contributed by atoms with E-state index in [9.17, 15) is 18.8 Å². The van der Waals surface area contributed by atoms with Gasteiger partial charge in [-0.1, -0.05) is 11.6 Å². The van der Waals surface area contributed by atoms with Crippen LogP contribution in [0.25, 0.3) is 16.6 Å². The topological polar surface area (TPSA) is 116 Å². The third-order valence-electron chi connectivity index (χ3n) is 6.54. The largest absolute Gasteiger partial charge is 0.462 e. The minimum atomic E-state index is -0.932. The van der Waals surface area contributed by atoms with Gasteiger partial charge in [0.15, 0.2) is 0 Å². The molecule has 1 aliphatic heterocycles. The van der Waals surface area contributed by atoms with Gasteiger partial charge in [0.2, 0.25) is 5.43 Å². The van der Waals surface area contributed by atoms with E-state index in [1.807, 2.05) is 6.92 Å². The molecule has 1 aromatic heterocycles. The Bertz CT molecular complexity index is 1520. The maximum Gasteiger partial charge on any atom is 0.343 e. The van der Waals surface area contributed by atoms with Gasteiger partial charge in [0, 0.05) is 31.8 Å². The predicted molar refractivity (Wildman–Crippen MR) is 140 cm³/mol. The molecule has 0 bridgehead atoms. The number of nitrogen functional groups attached to an aromatic ring is 1. The summed E-state index contributed by atoms with van der Waals surface area (Å²) in [6.45, 7) is 5.27. The number of benzene rings is 2. The molecule has 2 aromatic carbocycles. The van der Waals surface area contributed by atoms with E-state index in [2.05, 4.69) is 5.32 Å². The summed E-state index contributed by atoms with van der Waals surface area (Å²) in [7, 11) is 1.80. The molecule has 12 heteroatoms. The fourth-order valence-electron chi connectivity index (χ4n) is 4.49. The normalized spacial score (nSPS) is 14.3. The Kier molecular flexibility index (Phi) is 7.35. The standard InChI is InChI=1S/C26H27ClF2N4O5/c1-5-37-25(36)16-9-33(20-8-19(30)17(28)6-14(20)10-38-13(2)34)22-15(24(16)35)7-18(29)23(21(22)27)32-11-26(3,12-32)31-4/h6-9,31H,5,10-12,30H2,1-4H3. The Hall–Kier alpha value is -3.70. The average molecular weight is 549 g/mol. The zero-order chi connectivity index (χ0) is 27.9. The van der Waals surface area contributed by atoms with Gasteiger partial charge < -0.3 is 30.0 Å². The molecule has 3 aromatic rings. The van der Waals surface area contributed by atoms with E-state index in [0.29, 0.717) is 13.1 Å². The minimum Gasteiger partial charge on any atom is -0.462 e. The van der Waals surface area contributed by atoms with Crippen LogP contribution in [0.3, 0.4) is 0 Å². The van der Waals surface area contributed by atoms with Crippen molar-refractivity contribution >= 4 is 45.8 Å². The number of nitrogens with one attached hydrogen (secondary N) is 1. The number of ether oxygens (including phenoxy) is 2. The Balaban J connectivity index is 2.06. The Morgan fingerprint density at radius 1 is 1.18 bits per heavy atom. The van der Waals surface area contributed by atoms with Crippen LogP contribution in [0.2, 0.25) is 5.02 Å². The molecule has 0 spiro atoms. The van der Waals surface area contributed by atoms with E-state index in [-0.39, 0.29) is 57.3 Å². The van der Waals surface area contributed by atoms with Gasteiger partial charge in [0.25, 0.3) is 0 Å². The lowest BCUT2D eigenvalue weighted by Gasteiger charge is -2.49. The van der Waals surface area contributed by atoms with Crippen LogP contribution in [0.5, 0.6) is 0 Å². The summed E-state index contributed by atoms with van der Waals surface area (Å²) < 4.78 is 41.4. The van der Waals surface area contributed by atoms with Crippen LogP contribution < -0.4 is 21.4 Å². The zero-order valence-corrected chi connectivity index (χ0v) is 22.0. The number of fused-ring (bicyclic) bond motifs is 1. The SMILES string of the molecule is CCOC(=O)c1cn(-c2cc(N)c(F)cc2COC(C)=O)c2c(Cl)c(N3CC(C)(NC)C3)c(F)cc2c1=O. The highest BCUT2D eigenvalue weighted by Gasteiger charge is 2.40. The molecule has 4 rings (SSSR count). The summed E-state index contributed by atoms with van der Waals surface area (Å²) >= 11 is 6.79. The van der Waals surface area contributed by atoms with Crippen molar-refractivity contribution in [2.45, 2.75) is 32.9 Å². The maximum atomic E-state index is 15.5. The lowest BCUT2D eigenvalue weighted by atomic mass is 9.91. The van der Waals surface area contributed by atoms with Gasteiger partial charge in [-0.15, -0.1) is 0 Å². The molecule has 1 aliphatic rings. The van der Waals surface area contributed by atoms with Crippen LogP contribution in [0, 0.1) is 11.6 Å². The van der Waals surface area contributed by atoms with E-state index >= 15 is 4.39 Å². The quantitative estimate of drug-likeness (QED) is 0.340. The summed E-state index contributed by atoms with van der Waals surface area (Å²) in [5, 5.41) is 2.88. The number of esters is 2. The van der Waals surface area contributed by atoms with Crippen molar-refractivity contribution in [1.82, 2.24) is 9.88 Å². The number of aromatic nitrogens is 1. The first-order valence-corrected chi connectivity index (χ1v) is 12.2. The molecule has 2 heterocycles. The molecule has 1 saturated heterocycles. The number of pyridine rings is 1. The number of halogens is 3. The summed E-state index contributed by atoms with van der Waals surface area (Å²) in [5.41, 5.74) is 4.64. The average Bonchev–Trinajstić information content (AvgIpc) is 2.84. The van der Waals surface area contributed by atoms with Crippen molar-refractivity contribution in [2.75, 3.05) is 37.4 Å². The molecule has 0 atom stereocenters. The van der Waals surface area contributed by atoms with Gasteiger partial charge in [-0.2, -0.15) is 0 Å². The van der Waals surface area contributed by atoms with Crippen LogP contribution >= 0.6 is 11.6 Å². The molecule has 0 saturated carbocycles. The first-order chi connectivity index (χ1) is 17.9. The van der Waals surface area contributed by atoms with Gasteiger partial charge in [0.1, 0.15) is 23.8 Å². The smallest absolute Gasteiger partial charge is 0.343 e. The van der Waals surface area contributed by atoms with Crippen molar-refractivity contribution in [1.29, 1.82) is 0 Å². The number of nitrogens with zero attached hydrogens (tertiary/aromatic N) is 2. The summed E-state index contributed by atoms with van der Waals surface area (Å²) in [4.78, 5) is 39.3. The number of likely N-dealkylation sites (N-methyl/N-ethyl adjacent to an activating group) is 1. The number of carbonyl (C=O) groups excluding carboxylic acids is 2. The highest BCUT2D eigenvalue weighted by molar-refractivity contribution is 6.38. The number of rotatable bonds is 7. The second-order valence-electron chi connectivity index (χ2n) is 9.33. The maximum absolute atomic E-state index is 15.5.